The van der Waals surface area contributed by atoms with Crippen LogP contribution in [0.4, 0.5) is 0 Å². The summed E-state index contributed by atoms with van der Waals surface area (Å²) in [5, 5.41) is 21.2. The van der Waals surface area contributed by atoms with Crippen LogP contribution in [-0.2, 0) is 16.1 Å². The molecule has 1 aliphatic carbocycles. The molecule has 1 unspecified atom stereocenters. The average molecular weight is 346 g/mol. The zero-order valence-electron chi connectivity index (χ0n) is 13.9. The highest BCUT2D eigenvalue weighted by molar-refractivity contribution is 6.03. The van der Waals surface area contributed by atoms with Crippen molar-refractivity contribution in [2.45, 2.75) is 50.3 Å². The number of aliphatic hydroxyl groups is 1. The van der Waals surface area contributed by atoms with Gasteiger partial charge in [0.15, 0.2) is 0 Å². The summed E-state index contributed by atoms with van der Waals surface area (Å²) in [6, 6.07) is 7.36. The molecule has 0 aromatic heterocycles. The lowest BCUT2D eigenvalue weighted by molar-refractivity contribution is -0.137. The minimum atomic E-state index is -0.903. The van der Waals surface area contributed by atoms with Gasteiger partial charge in [-0.3, -0.25) is 14.4 Å². The molecule has 1 aromatic carbocycles. The number of hydrogen-bond donors (Lipinski definition) is 3. The fourth-order valence-electron chi connectivity index (χ4n) is 3.30. The summed E-state index contributed by atoms with van der Waals surface area (Å²) in [4.78, 5) is 37.3. The summed E-state index contributed by atoms with van der Waals surface area (Å²) >= 11 is 0. The number of rotatable bonds is 8. The topological polar surface area (TPSA) is 107 Å². The third-order valence-corrected chi connectivity index (χ3v) is 4.91. The van der Waals surface area contributed by atoms with Crippen molar-refractivity contribution in [3.05, 3.63) is 35.4 Å². The standard InChI is InChI=1S/C18H22N2O5/c21-13(5-3-7-15(22)23)10-19-17(25)18(8-9-18)20-11-12-4-1-2-6-14(12)16(20)24/h1-2,4,6,13,21H,3,5,7-11H2,(H,19,25)(H,22,23). The third-order valence-electron chi connectivity index (χ3n) is 4.91. The summed E-state index contributed by atoms with van der Waals surface area (Å²) in [7, 11) is 0. The summed E-state index contributed by atoms with van der Waals surface area (Å²) in [5.41, 5.74) is 0.771. The Kier molecular flexibility index (Phi) is 4.76. The second-order valence-corrected chi connectivity index (χ2v) is 6.73. The number of benzene rings is 1. The smallest absolute Gasteiger partial charge is 0.303 e. The highest BCUT2D eigenvalue weighted by Gasteiger charge is 2.58. The zero-order valence-corrected chi connectivity index (χ0v) is 13.9. The molecular formula is C18H22N2O5. The molecule has 2 aliphatic rings. The molecule has 1 aromatic rings. The van der Waals surface area contributed by atoms with Crippen molar-refractivity contribution < 1.29 is 24.6 Å². The van der Waals surface area contributed by atoms with E-state index >= 15 is 0 Å². The van der Waals surface area contributed by atoms with Gasteiger partial charge < -0.3 is 20.4 Å². The van der Waals surface area contributed by atoms with Crippen molar-refractivity contribution in [1.82, 2.24) is 10.2 Å². The van der Waals surface area contributed by atoms with Crippen LogP contribution in [0.15, 0.2) is 24.3 Å². The number of carboxylic acid groups (broad SMARTS) is 1. The lowest BCUT2D eigenvalue weighted by atomic mass is 10.1. The van der Waals surface area contributed by atoms with E-state index in [0.29, 0.717) is 37.8 Å². The van der Waals surface area contributed by atoms with Crippen molar-refractivity contribution in [3.8, 4) is 0 Å². The molecule has 0 spiro atoms. The minimum absolute atomic E-state index is 0.00448. The number of amides is 2. The number of carbonyl (C=O) groups is 3. The molecule has 7 nitrogen and oxygen atoms in total. The van der Waals surface area contributed by atoms with Gasteiger partial charge in [0.25, 0.3) is 5.91 Å². The average Bonchev–Trinajstić information content (AvgIpc) is 3.32. The predicted molar refractivity (Wildman–Crippen MR) is 88.8 cm³/mol. The molecule has 2 amide bonds. The molecule has 1 aliphatic heterocycles. The van der Waals surface area contributed by atoms with Crippen LogP contribution in [0.2, 0.25) is 0 Å². The number of carboxylic acids is 1. The van der Waals surface area contributed by atoms with Gasteiger partial charge in [0.2, 0.25) is 5.91 Å². The van der Waals surface area contributed by atoms with E-state index in [1.165, 1.54) is 0 Å². The molecule has 3 rings (SSSR count). The second kappa shape index (κ2) is 6.84. The lowest BCUT2D eigenvalue weighted by Gasteiger charge is -2.27. The number of carbonyl (C=O) groups excluding carboxylic acids is 2. The van der Waals surface area contributed by atoms with Crippen LogP contribution in [0.3, 0.4) is 0 Å². The highest BCUT2D eigenvalue weighted by Crippen LogP contribution is 2.45. The molecule has 25 heavy (non-hydrogen) atoms. The predicted octanol–water partition coefficient (Wildman–Crippen LogP) is 0.907. The lowest BCUT2D eigenvalue weighted by Crippen LogP contribution is -2.50. The van der Waals surface area contributed by atoms with Crippen LogP contribution in [-0.4, -0.2) is 51.1 Å². The van der Waals surface area contributed by atoms with Gasteiger partial charge >= 0.3 is 5.97 Å². The molecular weight excluding hydrogens is 324 g/mol. The van der Waals surface area contributed by atoms with E-state index < -0.39 is 17.6 Å². The SMILES string of the molecule is O=C(O)CCCC(O)CNC(=O)C1(N2Cc3ccccc3C2=O)CC1. The van der Waals surface area contributed by atoms with Gasteiger partial charge in [0, 0.05) is 25.1 Å². The maximum atomic E-state index is 12.6. The molecule has 1 heterocycles. The molecule has 3 N–H and O–H groups in total. The zero-order chi connectivity index (χ0) is 18.0. The van der Waals surface area contributed by atoms with Gasteiger partial charge in [-0.25, -0.2) is 0 Å². The minimum Gasteiger partial charge on any atom is -0.481 e. The van der Waals surface area contributed by atoms with E-state index in [1.54, 1.807) is 11.0 Å². The monoisotopic (exact) mass is 346 g/mol. The van der Waals surface area contributed by atoms with Crippen LogP contribution in [0.1, 0.15) is 48.0 Å². The number of aliphatic carboxylic acids is 1. The number of aliphatic hydroxyl groups excluding tert-OH is 1. The van der Waals surface area contributed by atoms with Gasteiger partial charge in [-0.2, -0.15) is 0 Å². The Morgan fingerprint density at radius 3 is 2.64 bits per heavy atom. The maximum Gasteiger partial charge on any atom is 0.303 e. The van der Waals surface area contributed by atoms with E-state index in [2.05, 4.69) is 5.32 Å². The van der Waals surface area contributed by atoms with Gasteiger partial charge in [0.1, 0.15) is 5.54 Å². The van der Waals surface area contributed by atoms with Gasteiger partial charge in [-0.1, -0.05) is 18.2 Å². The van der Waals surface area contributed by atoms with Crippen molar-refractivity contribution in [3.63, 3.8) is 0 Å². The Balaban J connectivity index is 1.54. The molecule has 0 radical (unpaired) electrons. The molecule has 0 bridgehead atoms. The van der Waals surface area contributed by atoms with Crippen molar-refractivity contribution in [2.24, 2.45) is 0 Å². The summed E-state index contributed by atoms with van der Waals surface area (Å²) in [6.45, 7) is 0.499. The first-order valence-electron chi connectivity index (χ1n) is 8.52. The Bertz CT molecular complexity index is 698. The molecule has 1 fully saturated rings. The molecule has 134 valence electrons. The largest absolute Gasteiger partial charge is 0.481 e. The van der Waals surface area contributed by atoms with Crippen LogP contribution >= 0.6 is 0 Å². The Morgan fingerprint density at radius 1 is 1.28 bits per heavy atom. The highest BCUT2D eigenvalue weighted by atomic mass is 16.4. The second-order valence-electron chi connectivity index (χ2n) is 6.73. The number of nitrogens with zero attached hydrogens (tertiary/aromatic N) is 1. The van der Waals surface area contributed by atoms with Crippen molar-refractivity contribution in [1.29, 1.82) is 0 Å². The third kappa shape index (κ3) is 3.51. The van der Waals surface area contributed by atoms with E-state index in [0.717, 1.165) is 5.56 Å². The first kappa shape index (κ1) is 17.4. The summed E-state index contributed by atoms with van der Waals surface area (Å²) in [6.07, 6.45) is 1.12. The van der Waals surface area contributed by atoms with Crippen molar-refractivity contribution >= 4 is 17.8 Å². The van der Waals surface area contributed by atoms with Gasteiger partial charge in [-0.15, -0.1) is 0 Å². The first-order valence-corrected chi connectivity index (χ1v) is 8.52. The van der Waals surface area contributed by atoms with Gasteiger partial charge in [-0.05, 0) is 37.3 Å². The number of nitrogens with one attached hydrogen (secondary N) is 1. The Hall–Kier alpha value is -2.41. The molecule has 1 atom stereocenters. The fourth-order valence-corrected chi connectivity index (χ4v) is 3.30. The van der Waals surface area contributed by atoms with E-state index in [9.17, 15) is 19.5 Å². The van der Waals surface area contributed by atoms with E-state index in [1.807, 2.05) is 18.2 Å². The summed E-state index contributed by atoms with van der Waals surface area (Å²) < 4.78 is 0. The van der Waals surface area contributed by atoms with Crippen molar-refractivity contribution in [2.75, 3.05) is 6.54 Å². The maximum absolute atomic E-state index is 12.6. The summed E-state index contributed by atoms with van der Waals surface area (Å²) in [5.74, 6) is -1.27. The van der Waals surface area contributed by atoms with E-state index in [4.69, 9.17) is 5.11 Å². The van der Waals surface area contributed by atoms with E-state index in [-0.39, 0.29) is 24.8 Å². The molecule has 1 saturated carbocycles. The van der Waals surface area contributed by atoms with Crippen LogP contribution in [0, 0.1) is 0 Å². The normalized spacial score (nSPS) is 18.6. The Labute approximate surface area is 145 Å². The Morgan fingerprint density at radius 2 is 2.00 bits per heavy atom. The van der Waals surface area contributed by atoms with Crippen LogP contribution < -0.4 is 5.32 Å². The van der Waals surface area contributed by atoms with Gasteiger partial charge in [0.05, 0.1) is 6.10 Å². The number of fused-ring (bicyclic) bond motifs is 1. The van der Waals surface area contributed by atoms with Crippen LogP contribution in [0.25, 0.3) is 0 Å². The quantitative estimate of drug-likeness (QED) is 0.648. The van der Waals surface area contributed by atoms with Crippen LogP contribution in [0.5, 0.6) is 0 Å². The number of hydrogen-bond acceptors (Lipinski definition) is 4. The molecule has 0 saturated heterocycles. The molecule has 7 heteroatoms. The fraction of sp³-hybridized carbons (Fsp3) is 0.500. The first-order chi connectivity index (χ1) is 11.9.